The van der Waals surface area contributed by atoms with Crippen LogP contribution in [0, 0.1) is 5.92 Å². The summed E-state index contributed by atoms with van der Waals surface area (Å²) in [5.41, 5.74) is 1.46. The normalized spacial score (nSPS) is 22.6. The van der Waals surface area contributed by atoms with Crippen LogP contribution in [0.1, 0.15) is 69.8 Å². The van der Waals surface area contributed by atoms with Crippen LogP contribution in [0.3, 0.4) is 0 Å². The van der Waals surface area contributed by atoms with E-state index in [0.717, 1.165) is 51.6 Å². The molecule has 2 aliphatic carbocycles. The number of likely N-dealkylation sites (tertiary alicyclic amines) is 1. The second-order valence-electron chi connectivity index (χ2n) is 9.26. The molecule has 0 aromatic heterocycles. The van der Waals surface area contributed by atoms with E-state index in [1.165, 1.54) is 31.2 Å². The summed E-state index contributed by atoms with van der Waals surface area (Å²) < 4.78 is 0. The van der Waals surface area contributed by atoms with E-state index in [0.29, 0.717) is 6.54 Å². The third-order valence-electron chi connectivity index (χ3n) is 7.38. The van der Waals surface area contributed by atoms with Crippen LogP contribution in [-0.2, 0) is 10.2 Å². The van der Waals surface area contributed by atoms with Gasteiger partial charge in [-0.15, -0.1) is 0 Å². The monoisotopic (exact) mass is 397 g/mol. The van der Waals surface area contributed by atoms with E-state index in [9.17, 15) is 9.59 Å². The summed E-state index contributed by atoms with van der Waals surface area (Å²) in [5.74, 6) is 0.448. The van der Waals surface area contributed by atoms with Crippen molar-refractivity contribution in [1.29, 1.82) is 0 Å². The maximum atomic E-state index is 12.7. The highest BCUT2D eigenvalue weighted by atomic mass is 16.2. The first-order chi connectivity index (χ1) is 14.2. The lowest BCUT2D eigenvalue weighted by atomic mass is 9.64. The van der Waals surface area contributed by atoms with Crippen molar-refractivity contribution < 1.29 is 9.59 Å². The van der Waals surface area contributed by atoms with Crippen molar-refractivity contribution in [2.45, 2.75) is 75.7 Å². The Morgan fingerprint density at radius 1 is 0.931 bits per heavy atom. The first kappa shape index (κ1) is 20.2. The number of rotatable bonds is 5. The quantitative estimate of drug-likeness (QED) is 0.789. The molecule has 1 heterocycles. The highest BCUT2D eigenvalue weighted by Gasteiger charge is 2.39. The molecule has 158 valence electrons. The fraction of sp³-hybridized carbons (Fsp3) is 0.667. The van der Waals surface area contributed by atoms with E-state index in [-0.39, 0.29) is 29.3 Å². The predicted octanol–water partition coefficient (Wildman–Crippen LogP) is 3.98. The summed E-state index contributed by atoms with van der Waals surface area (Å²) in [4.78, 5) is 27.1. The second-order valence-corrected chi connectivity index (χ2v) is 9.26. The number of piperidine rings is 1. The van der Waals surface area contributed by atoms with Crippen molar-refractivity contribution in [3.05, 3.63) is 35.9 Å². The van der Waals surface area contributed by atoms with E-state index in [1.54, 1.807) is 0 Å². The number of hydrogen-bond acceptors (Lipinski definition) is 2. The molecule has 29 heavy (non-hydrogen) atoms. The molecular weight excluding hydrogens is 362 g/mol. The topological polar surface area (TPSA) is 61.4 Å². The molecule has 1 aliphatic heterocycles. The molecule has 5 nitrogen and oxygen atoms in total. The number of benzene rings is 1. The van der Waals surface area contributed by atoms with Crippen LogP contribution in [-0.4, -0.2) is 42.5 Å². The van der Waals surface area contributed by atoms with Crippen LogP contribution in [0.25, 0.3) is 0 Å². The third-order valence-corrected chi connectivity index (χ3v) is 7.38. The number of hydrogen-bond donors (Lipinski definition) is 2. The molecule has 2 saturated carbocycles. The van der Waals surface area contributed by atoms with Gasteiger partial charge < -0.3 is 15.5 Å². The lowest BCUT2D eigenvalue weighted by molar-refractivity contribution is -0.126. The largest absolute Gasteiger partial charge is 0.353 e. The van der Waals surface area contributed by atoms with Gasteiger partial charge in [0.25, 0.3) is 0 Å². The predicted molar refractivity (Wildman–Crippen MR) is 115 cm³/mol. The van der Waals surface area contributed by atoms with Gasteiger partial charge in [-0.25, -0.2) is 4.79 Å². The van der Waals surface area contributed by atoms with Crippen LogP contribution in [0.5, 0.6) is 0 Å². The van der Waals surface area contributed by atoms with Gasteiger partial charge in [-0.3, -0.25) is 4.79 Å². The lowest BCUT2D eigenvalue weighted by Gasteiger charge is -2.43. The Bertz CT molecular complexity index is 687. The van der Waals surface area contributed by atoms with Crippen LogP contribution in [0.4, 0.5) is 4.79 Å². The average Bonchev–Trinajstić information content (AvgIpc) is 2.75. The van der Waals surface area contributed by atoms with E-state index in [1.807, 2.05) is 11.0 Å². The van der Waals surface area contributed by atoms with Gasteiger partial charge in [0.15, 0.2) is 0 Å². The Morgan fingerprint density at radius 3 is 2.24 bits per heavy atom. The number of urea groups is 1. The maximum Gasteiger partial charge on any atom is 0.317 e. The van der Waals surface area contributed by atoms with Crippen LogP contribution < -0.4 is 10.6 Å². The van der Waals surface area contributed by atoms with Gasteiger partial charge in [-0.1, -0.05) is 56.0 Å². The van der Waals surface area contributed by atoms with Gasteiger partial charge >= 0.3 is 6.03 Å². The molecule has 0 bridgehead atoms. The van der Waals surface area contributed by atoms with Crippen molar-refractivity contribution in [1.82, 2.24) is 15.5 Å². The Hall–Kier alpha value is -2.04. The fourth-order valence-electron chi connectivity index (χ4n) is 5.23. The molecule has 0 atom stereocenters. The van der Waals surface area contributed by atoms with Gasteiger partial charge in [0.1, 0.15) is 0 Å². The molecule has 3 amide bonds. The van der Waals surface area contributed by atoms with E-state index < -0.39 is 0 Å². The summed E-state index contributed by atoms with van der Waals surface area (Å²) in [6, 6.07) is 10.9. The van der Waals surface area contributed by atoms with Gasteiger partial charge in [-0.05, 0) is 44.1 Å². The smallest absolute Gasteiger partial charge is 0.317 e. The zero-order valence-corrected chi connectivity index (χ0v) is 17.5. The lowest BCUT2D eigenvalue weighted by Crippen LogP contribution is -2.53. The van der Waals surface area contributed by atoms with Crippen LogP contribution >= 0.6 is 0 Å². The minimum atomic E-state index is 0.0456. The Labute approximate surface area is 174 Å². The molecule has 4 rings (SSSR count). The number of carbonyl (C=O) groups excluding carboxylic acids is 2. The van der Waals surface area contributed by atoms with Crippen LogP contribution in [0.2, 0.25) is 0 Å². The molecule has 3 aliphatic rings. The van der Waals surface area contributed by atoms with E-state index in [4.69, 9.17) is 0 Å². The second kappa shape index (κ2) is 9.19. The zero-order chi connectivity index (χ0) is 20.1. The summed E-state index contributed by atoms with van der Waals surface area (Å²) >= 11 is 0. The molecule has 3 fully saturated rings. The number of nitrogens with zero attached hydrogens (tertiary/aromatic N) is 1. The van der Waals surface area contributed by atoms with Crippen molar-refractivity contribution >= 4 is 11.9 Å². The molecular formula is C24H35N3O2. The zero-order valence-electron chi connectivity index (χ0n) is 17.5. The summed E-state index contributed by atoms with van der Waals surface area (Å²) in [6.45, 7) is 2.16. The highest BCUT2D eigenvalue weighted by Crippen LogP contribution is 2.43. The summed E-state index contributed by atoms with van der Waals surface area (Å²) in [5, 5.41) is 6.45. The van der Waals surface area contributed by atoms with Crippen molar-refractivity contribution in [2.24, 2.45) is 5.92 Å². The van der Waals surface area contributed by atoms with Gasteiger partial charge in [0, 0.05) is 37.0 Å². The Morgan fingerprint density at radius 2 is 1.62 bits per heavy atom. The number of amides is 3. The molecule has 0 spiro atoms. The molecule has 0 radical (unpaired) electrons. The molecule has 1 saturated heterocycles. The molecule has 1 aromatic carbocycles. The first-order valence-corrected chi connectivity index (χ1v) is 11.5. The Kier molecular flexibility index (Phi) is 6.41. The van der Waals surface area contributed by atoms with Gasteiger partial charge in [0.05, 0.1) is 0 Å². The average molecular weight is 398 g/mol. The minimum Gasteiger partial charge on any atom is -0.353 e. The van der Waals surface area contributed by atoms with Crippen molar-refractivity contribution in [2.75, 3.05) is 19.6 Å². The molecule has 2 N–H and O–H groups in total. The van der Waals surface area contributed by atoms with Crippen molar-refractivity contribution in [3.8, 4) is 0 Å². The first-order valence-electron chi connectivity index (χ1n) is 11.5. The maximum absolute atomic E-state index is 12.7. The SMILES string of the molecule is O=C(NC1CCN(C(=O)NCC2(c3ccccc3)CCC2)CC1)C1CCCCC1. The van der Waals surface area contributed by atoms with E-state index in [2.05, 4.69) is 34.9 Å². The highest BCUT2D eigenvalue weighted by molar-refractivity contribution is 5.79. The molecule has 0 unspecified atom stereocenters. The fourth-order valence-corrected chi connectivity index (χ4v) is 5.23. The number of nitrogens with one attached hydrogen (secondary N) is 2. The van der Waals surface area contributed by atoms with Gasteiger partial charge in [0.2, 0.25) is 5.91 Å². The summed E-state index contributed by atoms with van der Waals surface area (Å²) in [7, 11) is 0. The van der Waals surface area contributed by atoms with Gasteiger partial charge in [-0.2, -0.15) is 0 Å². The van der Waals surface area contributed by atoms with E-state index >= 15 is 0 Å². The summed E-state index contributed by atoms with van der Waals surface area (Å²) in [6.07, 6.45) is 10.9. The third kappa shape index (κ3) is 4.76. The molecule has 5 heteroatoms. The minimum absolute atomic E-state index is 0.0456. The Balaban J connectivity index is 1.21. The van der Waals surface area contributed by atoms with Crippen molar-refractivity contribution in [3.63, 3.8) is 0 Å². The standard InChI is InChI=1S/C24H35N3O2/c28-22(19-8-3-1-4-9-19)26-21-12-16-27(17-13-21)23(29)25-18-24(14-7-15-24)20-10-5-2-6-11-20/h2,5-6,10-11,19,21H,1,3-4,7-9,12-18H2,(H,25,29)(H,26,28). The molecule has 1 aromatic rings. The van der Waals surface area contributed by atoms with Crippen LogP contribution in [0.15, 0.2) is 30.3 Å². The number of carbonyl (C=O) groups is 2.